The van der Waals surface area contributed by atoms with E-state index in [4.69, 9.17) is 9.84 Å². The molecule has 3 nitrogen and oxygen atoms in total. The van der Waals surface area contributed by atoms with E-state index in [-0.39, 0.29) is 0 Å². The van der Waals surface area contributed by atoms with Gasteiger partial charge in [-0.15, -0.1) is 0 Å². The number of carboxylic acid groups (broad SMARTS) is 1. The molecule has 0 bridgehead atoms. The highest BCUT2D eigenvalue weighted by Gasteiger charge is 2.02. The zero-order valence-corrected chi connectivity index (χ0v) is 15.0. The van der Waals surface area contributed by atoms with Crippen molar-refractivity contribution in [1.82, 2.24) is 0 Å². The van der Waals surface area contributed by atoms with Crippen LogP contribution in [0.4, 0.5) is 0 Å². The largest absolute Gasteiger partial charge is 0.494 e. The maximum atomic E-state index is 10.9. The Kier molecular flexibility index (Phi) is 8.03. The van der Waals surface area contributed by atoms with Crippen LogP contribution in [-0.2, 0) is 12.8 Å². The van der Waals surface area contributed by atoms with Gasteiger partial charge in [-0.05, 0) is 54.7 Å². The lowest BCUT2D eigenvalue weighted by Crippen LogP contribution is -1.98. The average molecular weight is 340 g/mol. The molecule has 25 heavy (non-hydrogen) atoms. The molecule has 3 heteroatoms. The Hall–Kier alpha value is -2.29. The van der Waals surface area contributed by atoms with Crippen molar-refractivity contribution < 1.29 is 14.6 Å². The molecule has 0 atom stereocenters. The number of carbonyl (C=O) groups is 1. The molecule has 2 aromatic rings. The summed E-state index contributed by atoms with van der Waals surface area (Å²) in [7, 11) is 0. The van der Waals surface area contributed by atoms with Crippen LogP contribution in [0.3, 0.4) is 0 Å². The molecule has 0 amide bonds. The van der Waals surface area contributed by atoms with Crippen molar-refractivity contribution in [3.8, 4) is 5.75 Å². The quantitative estimate of drug-likeness (QED) is 0.548. The minimum Gasteiger partial charge on any atom is -0.494 e. The van der Waals surface area contributed by atoms with E-state index in [2.05, 4.69) is 19.1 Å². The third-order valence-electron chi connectivity index (χ3n) is 4.34. The number of ether oxygens (including phenoxy) is 1. The molecule has 1 N–H and O–H groups in total. The van der Waals surface area contributed by atoms with Crippen molar-refractivity contribution in [2.45, 2.75) is 51.9 Å². The van der Waals surface area contributed by atoms with Gasteiger partial charge in [-0.3, -0.25) is 0 Å². The first-order chi connectivity index (χ1) is 12.2. The van der Waals surface area contributed by atoms with E-state index in [1.807, 2.05) is 24.3 Å². The molecule has 2 rings (SSSR count). The Bertz CT molecular complexity index is 629. The van der Waals surface area contributed by atoms with Crippen molar-refractivity contribution in [2.75, 3.05) is 6.61 Å². The summed E-state index contributed by atoms with van der Waals surface area (Å²) in [4.78, 5) is 10.9. The number of carboxylic acids is 1. The third-order valence-corrected chi connectivity index (χ3v) is 4.34. The lowest BCUT2D eigenvalue weighted by molar-refractivity contribution is 0.0697. The van der Waals surface area contributed by atoms with Gasteiger partial charge in [0.1, 0.15) is 5.75 Å². The lowest BCUT2D eigenvalue weighted by atomic mass is 10.0. The van der Waals surface area contributed by atoms with E-state index >= 15 is 0 Å². The molecule has 2 aromatic carbocycles. The zero-order valence-electron chi connectivity index (χ0n) is 15.0. The monoisotopic (exact) mass is 340 g/mol. The molecule has 134 valence electrons. The van der Waals surface area contributed by atoms with E-state index in [0.717, 1.165) is 37.2 Å². The lowest BCUT2D eigenvalue weighted by Gasteiger charge is -2.07. The second-order valence-corrected chi connectivity index (χ2v) is 6.41. The van der Waals surface area contributed by atoms with Gasteiger partial charge in [-0.1, -0.05) is 56.9 Å². The summed E-state index contributed by atoms with van der Waals surface area (Å²) < 4.78 is 5.78. The topological polar surface area (TPSA) is 46.5 Å². The standard InChI is InChI=1S/C22H28O3/c1-2-3-4-5-6-17-25-21-15-11-19(12-16-21)8-7-18-9-13-20(14-10-18)22(23)24/h9-16H,2-8,17H2,1H3,(H,23,24). The van der Waals surface area contributed by atoms with Gasteiger partial charge in [0.05, 0.1) is 12.2 Å². The smallest absolute Gasteiger partial charge is 0.335 e. The second-order valence-electron chi connectivity index (χ2n) is 6.41. The number of hydrogen-bond acceptors (Lipinski definition) is 2. The van der Waals surface area contributed by atoms with Crippen LogP contribution in [0.5, 0.6) is 5.75 Å². The molecule has 0 radical (unpaired) electrons. The van der Waals surface area contributed by atoms with Crippen LogP contribution in [0.1, 0.15) is 60.5 Å². The van der Waals surface area contributed by atoms with Crippen molar-refractivity contribution in [3.05, 3.63) is 65.2 Å². The van der Waals surface area contributed by atoms with Crippen molar-refractivity contribution >= 4 is 5.97 Å². The summed E-state index contributed by atoms with van der Waals surface area (Å²) in [6, 6.07) is 15.4. The summed E-state index contributed by atoms with van der Waals surface area (Å²) in [5.74, 6) is 0.0533. The Morgan fingerprint density at radius 1 is 0.840 bits per heavy atom. The van der Waals surface area contributed by atoms with E-state index in [1.165, 1.54) is 31.2 Å². The van der Waals surface area contributed by atoms with Crippen LogP contribution in [0.15, 0.2) is 48.5 Å². The van der Waals surface area contributed by atoms with Crippen LogP contribution < -0.4 is 4.74 Å². The van der Waals surface area contributed by atoms with Gasteiger partial charge in [0.25, 0.3) is 0 Å². The molecule has 0 fully saturated rings. The van der Waals surface area contributed by atoms with E-state index in [1.54, 1.807) is 12.1 Å². The first-order valence-corrected chi connectivity index (χ1v) is 9.23. The minimum atomic E-state index is -0.882. The molecular weight excluding hydrogens is 312 g/mol. The Labute approximate surface area is 150 Å². The molecule has 0 unspecified atom stereocenters. The second kappa shape index (κ2) is 10.5. The van der Waals surface area contributed by atoms with Crippen LogP contribution in [-0.4, -0.2) is 17.7 Å². The van der Waals surface area contributed by atoms with Gasteiger partial charge in [-0.25, -0.2) is 4.79 Å². The van der Waals surface area contributed by atoms with Crippen molar-refractivity contribution in [3.63, 3.8) is 0 Å². The molecule has 0 aliphatic rings. The van der Waals surface area contributed by atoms with Gasteiger partial charge < -0.3 is 9.84 Å². The number of rotatable bonds is 11. The highest BCUT2D eigenvalue weighted by molar-refractivity contribution is 5.87. The maximum absolute atomic E-state index is 10.9. The normalized spacial score (nSPS) is 10.6. The van der Waals surface area contributed by atoms with Crippen LogP contribution in [0, 0.1) is 0 Å². The number of aromatic carboxylic acids is 1. The van der Waals surface area contributed by atoms with Gasteiger partial charge >= 0.3 is 5.97 Å². The predicted molar refractivity (Wildman–Crippen MR) is 102 cm³/mol. The molecule has 0 saturated carbocycles. The van der Waals surface area contributed by atoms with Gasteiger partial charge in [-0.2, -0.15) is 0 Å². The van der Waals surface area contributed by atoms with Crippen molar-refractivity contribution in [2.24, 2.45) is 0 Å². The summed E-state index contributed by atoms with van der Waals surface area (Å²) in [5.41, 5.74) is 2.75. The van der Waals surface area contributed by atoms with E-state index in [0.29, 0.717) is 5.56 Å². The summed E-state index contributed by atoms with van der Waals surface area (Å²) in [6.07, 6.45) is 8.08. The van der Waals surface area contributed by atoms with E-state index in [9.17, 15) is 4.79 Å². The number of benzene rings is 2. The fraction of sp³-hybridized carbons (Fsp3) is 0.409. The van der Waals surface area contributed by atoms with Crippen LogP contribution in [0.2, 0.25) is 0 Å². The molecule has 0 aliphatic heterocycles. The Morgan fingerprint density at radius 3 is 1.96 bits per heavy atom. The van der Waals surface area contributed by atoms with Crippen LogP contribution >= 0.6 is 0 Å². The molecule has 0 heterocycles. The van der Waals surface area contributed by atoms with Gasteiger partial charge in [0.15, 0.2) is 0 Å². The number of aryl methyl sites for hydroxylation is 2. The minimum absolute atomic E-state index is 0.333. The molecule has 0 spiro atoms. The van der Waals surface area contributed by atoms with Crippen LogP contribution in [0.25, 0.3) is 0 Å². The average Bonchev–Trinajstić information content (AvgIpc) is 2.64. The zero-order chi connectivity index (χ0) is 17.9. The fourth-order valence-electron chi connectivity index (χ4n) is 2.75. The molecular formula is C22H28O3. The van der Waals surface area contributed by atoms with E-state index < -0.39 is 5.97 Å². The summed E-state index contributed by atoms with van der Waals surface area (Å²) >= 11 is 0. The molecule has 0 aliphatic carbocycles. The molecule has 0 aromatic heterocycles. The van der Waals surface area contributed by atoms with Gasteiger partial charge in [0.2, 0.25) is 0 Å². The fourth-order valence-corrected chi connectivity index (χ4v) is 2.75. The molecule has 0 saturated heterocycles. The first-order valence-electron chi connectivity index (χ1n) is 9.23. The summed E-state index contributed by atoms with van der Waals surface area (Å²) in [6.45, 7) is 3.02. The highest BCUT2D eigenvalue weighted by atomic mass is 16.5. The Morgan fingerprint density at radius 2 is 1.40 bits per heavy atom. The maximum Gasteiger partial charge on any atom is 0.335 e. The number of unbranched alkanes of at least 4 members (excludes halogenated alkanes) is 4. The summed E-state index contributed by atoms with van der Waals surface area (Å²) in [5, 5.41) is 8.91. The Balaban J connectivity index is 1.71. The van der Waals surface area contributed by atoms with Gasteiger partial charge in [0, 0.05) is 0 Å². The third kappa shape index (κ3) is 7.00. The van der Waals surface area contributed by atoms with Crippen molar-refractivity contribution in [1.29, 1.82) is 0 Å². The number of hydrogen-bond donors (Lipinski definition) is 1. The predicted octanol–water partition coefficient (Wildman–Crippen LogP) is 5.52. The SMILES string of the molecule is CCCCCCCOc1ccc(CCc2ccc(C(=O)O)cc2)cc1. The highest BCUT2D eigenvalue weighted by Crippen LogP contribution is 2.15. The first kappa shape index (κ1) is 19.0.